The number of para-hydroxylation sites is 1. The first-order valence-electron chi connectivity index (χ1n) is 7.06. The van der Waals surface area contributed by atoms with Crippen LogP contribution in [0.2, 0.25) is 0 Å². The molecule has 0 saturated heterocycles. The molecule has 1 aromatic heterocycles. The van der Waals surface area contributed by atoms with Gasteiger partial charge in [0.2, 0.25) is 0 Å². The van der Waals surface area contributed by atoms with Gasteiger partial charge in [-0.1, -0.05) is 31.0 Å². The van der Waals surface area contributed by atoms with Crippen molar-refractivity contribution in [1.82, 2.24) is 4.57 Å². The number of carboxylic acids is 1. The van der Waals surface area contributed by atoms with Crippen molar-refractivity contribution in [1.29, 1.82) is 0 Å². The lowest BCUT2D eigenvalue weighted by Gasteiger charge is -2.17. The van der Waals surface area contributed by atoms with Gasteiger partial charge in [-0.3, -0.25) is 4.79 Å². The van der Waals surface area contributed by atoms with E-state index in [0.29, 0.717) is 12.5 Å². The van der Waals surface area contributed by atoms with E-state index in [2.05, 4.69) is 28.8 Å². The zero-order chi connectivity index (χ0) is 13.2. The fourth-order valence-corrected chi connectivity index (χ4v) is 3.25. The number of rotatable bonds is 4. The molecule has 2 aromatic rings. The normalized spacial score (nSPS) is 16.2. The first-order chi connectivity index (χ1) is 9.25. The highest BCUT2D eigenvalue weighted by molar-refractivity contribution is 5.81. The molecule has 0 atom stereocenters. The van der Waals surface area contributed by atoms with Gasteiger partial charge in [0.05, 0.1) is 6.42 Å². The number of benzene rings is 1. The van der Waals surface area contributed by atoms with Crippen LogP contribution in [0.1, 0.15) is 43.8 Å². The van der Waals surface area contributed by atoms with Crippen molar-refractivity contribution in [2.75, 3.05) is 0 Å². The highest BCUT2D eigenvalue weighted by Gasteiger charge is 2.21. The van der Waals surface area contributed by atoms with Crippen molar-refractivity contribution >= 4 is 16.9 Å². The lowest BCUT2D eigenvalue weighted by molar-refractivity contribution is -0.136. The summed E-state index contributed by atoms with van der Waals surface area (Å²) in [6, 6.07) is 11.1. The highest BCUT2D eigenvalue weighted by atomic mass is 16.4. The average molecular weight is 257 g/mol. The number of aromatic nitrogens is 1. The van der Waals surface area contributed by atoms with Gasteiger partial charge in [0.25, 0.3) is 0 Å². The van der Waals surface area contributed by atoms with E-state index in [0.717, 1.165) is 0 Å². The van der Waals surface area contributed by atoms with Gasteiger partial charge >= 0.3 is 5.97 Å². The molecule has 1 aliphatic rings. The Labute approximate surface area is 112 Å². The molecule has 1 fully saturated rings. The molecule has 0 bridgehead atoms. The van der Waals surface area contributed by atoms with Crippen molar-refractivity contribution in [3.63, 3.8) is 0 Å². The van der Waals surface area contributed by atoms with Crippen molar-refractivity contribution in [3.8, 4) is 0 Å². The third-order valence-corrected chi connectivity index (χ3v) is 4.11. The van der Waals surface area contributed by atoms with E-state index in [1.54, 1.807) is 0 Å². The molecule has 100 valence electrons. The maximum atomic E-state index is 10.8. The Morgan fingerprint density at radius 1 is 1.26 bits per heavy atom. The number of aliphatic carboxylic acids is 1. The molecule has 1 heterocycles. The summed E-state index contributed by atoms with van der Waals surface area (Å²) in [4.78, 5) is 10.8. The van der Waals surface area contributed by atoms with Crippen molar-refractivity contribution in [2.45, 2.75) is 44.6 Å². The van der Waals surface area contributed by atoms with Crippen molar-refractivity contribution < 1.29 is 9.90 Å². The van der Waals surface area contributed by atoms with E-state index < -0.39 is 5.97 Å². The van der Waals surface area contributed by atoms with E-state index in [1.165, 1.54) is 42.3 Å². The van der Waals surface area contributed by atoms with Gasteiger partial charge in [-0.2, -0.15) is 0 Å². The minimum absolute atomic E-state index is 0.211. The summed E-state index contributed by atoms with van der Waals surface area (Å²) >= 11 is 0. The molecule has 3 rings (SSSR count). The van der Waals surface area contributed by atoms with E-state index in [4.69, 9.17) is 5.11 Å². The lowest BCUT2D eigenvalue weighted by atomic mass is 10.2. The molecule has 0 unspecified atom stereocenters. The predicted molar refractivity (Wildman–Crippen MR) is 75.4 cm³/mol. The number of hydrogen-bond acceptors (Lipinski definition) is 1. The van der Waals surface area contributed by atoms with Crippen molar-refractivity contribution in [3.05, 3.63) is 36.0 Å². The number of carboxylic acid groups (broad SMARTS) is 1. The molecule has 0 radical (unpaired) electrons. The van der Waals surface area contributed by atoms with E-state index in [9.17, 15) is 4.79 Å². The van der Waals surface area contributed by atoms with E-state index in [-0.39, 0.29) is 6.42 Å². The van der Waals surface area contributed by atoms with E-state index in [1.807, 2.05) is 6.07 Å². The zero-order valence-corrected chi connectivity index (χ0v) is 11.0. The van der Waals surface area contributed by atoms with Gasteiger partial charge in [0, 0.05) is 17.3 Å². The quantitative estimate of drug-likeness (QED) is 0.905. The SMILES string of the molecule is O=C(O)CCc1cc2ccccc2n1C1CCCC1. The third-order valence-electron chi connectivity index (χ3n) is 4.11. The number of nitrogens with zero attached hydrogens (tertiary/aromatic N) is 1. The Balaban J connectivity index is 2.03. The number of carbonyl (C=O) groups is 1. The van der Waals surface area contributed by atoms with Crippen LogP contribution in [0.4, 0.5) is 0 Å². The van der Waals surface area contributed by atoms with Gasteiger partial charge in [-0.25, -0.2) is 0 Å². The second-order valence-corrected chi connectivity index (χ2v) is 5.40. The van der Waals surface area contributed by atoms with Gasteiger partial charge in [-0.05, 0) is 36.8 Å². The Morgan fingerprint density at radius 2 is 2.00 bits per heavy atom. The van der Waals surface area contributed by atoms with Crippen LogP contribution < -0.4 is 0 Å². The van der Waals surface area contributed by atoms with Crippen LogP contribution in [0.15, 0.2) is 30.3 Å². The summed E-state index contributed by atoms with van der Waals surface area (Å²) in [6.45, 7) is 0. The molecule has 0 spiro atoms. The number of hydrogen-bond donors (Lipinski definition) is 1. The fraction of sp³-hybridized carbons (Fsp3) is 0.438. The molecule has 3 nitrogen and oxygen atoms in total. The molecule has 1 aromatic carbocycles. The molecule has 1 N–H and O–H groups in total. The Morgan fingerprint density at radius 3 is 2.74 bits per heavy atom. The first-order valence-corrected chi connectivity index (χ1v) is 7.06. The summed E-state index contributed by atoms with van der Waals surface area (Å²) in [6.07, 6.45) is 5.85. The summed E-state index contributed by atoms with van der Waals surface area (Å²) in [5, 5.41) is 10.1. The largest absolute Gasteiger partial charge is 0.481 e. The van der Waals surface area contributed by atoms with Gasteiger partial charge in [0.15, 0.2) is 0 Å². The molecule has 0 amide bonds. The van der Waals surface area contributed by atoms with Gasteiger partial charge in [-0.15, -0.1) is 0 Å². The summed E-state index contributed by atoms with van der Waals surface area (Å²) in [5.74, 6) is -0.719. The number of fused-ring (bicyclic) bond motifs is 1. The maximum absolute atomic E-state index is 10.8. The molecular weight excluding hydrogens is 238 g/mol. The predicted octanol–water partition coefficient (Wildman–Crippen LogP) is 3.77. The van der Waals surface area contributed by atoms with Crippen LogP contribution in [-0.2, 0) is 11.2 Å². The van der Waals surface area contributed by atoms with Crippen LogP contribution in [0.3, 0.4) is 0 Å². The average Bonchev–Trinajstić information content (AvgIpc) is 3.02. The number of aryl methyl sites for hydroxylation is 1. The Bertz CT molecular complexity index is 594. The second-order valence-electron chi connectivity index (χ2n) is 5.40. The molecule has 1 saturated carbocycles. The Hall–Kier alpha value is -1.77. The molecule has 3 heteroatoms. The summed E-state index contributed by atoms with van der Waals surface area (Å²) in [7, 11) is 0. The van der Waals surface area contributed by atoms with Gasteiger partial charge < -0.3 is 9.67 Å². The first kappa shape index (κ1) is 12.3. The molecule has 1 aliphatic carbocycles. The fourth-order valence-electron chi connectivity index (χ4n) is 3.25. The minimum atomic E-state index is -0.719. The smallest absolute Gasteiger partial charge is 0.303 e. The Kier molecular flexibility index (Phi) is 3.28. The van der Waals surface area contributed by atoms with Crippen LogP contribution in [0, 0.1) is 0 Å². The summed E-state index contributed by atoms with van der Waals surface area (Å²) in [5.41, 5.74) is 2.44. The van der Waals surface area contributed by atoms with Crippen LogP contribution >= 0.6 is 0 Å². The molecular formula is C16H19NO2. The second kappa shape index (κ2) is 5.08. The van der Waals surface area contributed by atoms with Crippen molar-refractivity contribution in [2.24, 2.45) is 0 Å². The topological polar surface area (TPSA) is 42.2 Å². The maximum Gasteiger partial charge on any atom is 0.303 e. The van der Waals surface area contributed by atoms with Gasteiger partial charge in [0.1, 0.15) is 0 Å². The third kappa shape index (κ3) is 2.37. The molecule has 19 heavy (non-hydrogen) atoms. The monoisotopic (exact) mass is 257 g/mol. The standard InChI is InChI=1S/C16H19NO2/c18-16(19)10-9-14-11-12-5-1-4-8-15(12)17(14)13-6-2-3-7-13/h1,4-5,8,11,13H,2-3,6-7,9-10H2,(H,18,19). The molecule has 0 aliphatic heterocycles. The summed E-state index contributed by atoms with van der Waals surface area (Å²) < 4.78 is 2.39. The lowest BCUT2D eigenvalue weighted by Crippen LogP contribution is -2.10. The van der Waals surface area contributed by atoms with Crippen LogP contribution in [0.5, 0.6) is 0 Å². The highest BCUT2D eigenvalue weighted by Crippen LogP contribution is 2.35. The van der Waals surface area contributed by atoms with Crippen LogP contribution in [0.25, 0.3) is 10.9 Å². The minimum Gasteiger partial charge on any atom is -0.481 e. The van der Waals surface area contributed by atoms with E-state index >= 15 is 0 Å². The van der Waals surface area contributed by atoms with Crippen LogP contribution in [-0.4, -0.2) is 15.6 Å². The zero-order valence-electron chi connectivity index (χ0n) is 11.0.